The average molecular weight is 245 g/mol. The molecular formula is C12H15N5O. The molecule has 0 fully saturated rings. The van der Waals surface area contributed by atoms with E-state index in [2.05, 4.69) is 15.3 Å². The van der Waals surface area contributed by atoms with Crippen LogP contribution >= 0.6 is 0 Å². The predicted molar refractivity (Wildman–Crippen MR) is 70.9 cm³/mol. The molecule has 0 aliphatic rings. The predicted octanol–water partition coefficient (Wildman–Crippen LogP) is 0.423. The zero-order valence-electron chi connectivity index (χ0n) is 9.81. The van der Waals surface area contributed by atoms with Crippen molar-refractivity contribution in [3.05, 3.63) is 52.1 Å². The highest BCUT2D eigenvalue weighted by atomic mass is 16.1. The molecule has 6 heteroatoms. The van der Waals surface area contributed by atoms with Crippen molar-refractivity contribution in [1.29, 1.82) is 0 Å². The van der Waals surface area contributed by atoms with Crippen LogP contribution in [-0.2, 0) is 13.1 Å². The largest absolute Gasteiger partial charge is 0.391 e. The highest BCUT2D eigenvalue weighted by Gasteiger charge is 2.03. The number of H-pyrrole nitrogens is 1. The minimum Gasteiger partial charge on any atom is -0.391 e. The second-order valence-corrected chi connectivity index (χ2v) is 3.87. The zero-order valence-corrected chi connectivity index (χ0v) is 9.81. The van der Waals surface area contributed by atoms with E-state index < -0.39 is 0 Å². The number of hydrogen-bond donors (Lipinski definition) is 4. The molecule has 0 aliphatic carbocycles. The lowest BCUT2D eigenvalue weighted by molar-refractivity contribution is 1.05. The van der Waals surface area contributed by atoms with E-state index in [1.807, 2.05) is 24.3 Å². The van der Waals surface area contributed by atoms with Gasteiger partial charge in [0, 0.05) is 13.1 Å². The van der Waals surface area contributed by atoms with Gasteiger partial charge in [0.15, 0.2) is 5.82 Å². The minimum atomic E-state index is -0.342. The van der Waals surface area contributed by atoms with Crippen LogP contribution in [0.1, 0.15) is 11.1 Å². The summed E-state index contributed by atoms with van der Waals surface area (Å²) in [7, 11) is 0. The first kappa shape index (κ1) is 12.1. The SMILES string of the molecule is NCc1ccc(CNc2nc[nH]c(=O)c2N)cc1. The molecule has 1 heterocycles. The molecule has 1 aromatic carbocycles. The number of nitrogens with zero attached hydrogens (tertiary/aromatic N) is 1. The Labute approximate surface area is 104 Å². The second kappa shape index (κ2) is 5.33. The maximum Gasteiger partial charge on any atom is 0.276 e. The molecule has 18 heavy (non-hydrogen) atoms. The Morgan fingerprint density at radius 2 is 1.89 bits per heavy atom. The lowest BCUT2D eigenvalue weighted by atomic mass is 10.1. The van der Waals surface area contributed by atoms with Crippen molar-refractivity contribution in [3.8, 4) is 0 Å². The third-order valence-corrected chi connectivity index (χ3v) is 2.61. The van der Waals surface area contributed by atoms with Crippen molar-refractivity contribution in [2.45, 2.75) is 13.1 Å². The van der Waals surface area contributed by atoms with Crippen molar-refractivity contribution >= 4 is 11.5 Å². The van der Waals surface area contributed by atoms with Crippen LogP contribution in [0.2, 0.25) is 0 Å². The Morgan fingerprint density at radius 1 is 1.22 bits per heavy atom. The van der Waals surface area contributed by atoms with Crippen LogP contribution in [0.15, 0.2) is 35.4 Å². The van der Waals surface area contributed by atoms with Crippen molar-refractivity contribution in [2.24, 2.45) is 5.73 Å². The van der Waals surface area contributed by atoms with Gasteiger partial charge in [-0.2, -0.15) is 0 Å². The molecule has 2 aromatic rings. The fourth-order valence-corrected chi connectivity index (χ4v) is 1.53. The monoisotopic (exact) mass is 245 g/mol. The van der Waals surface area contributed by atoms with Crippen molar-refractivity contribution in [3.63, 3.8) is 0 Å². The van der Waals surface area contributed by atoms with Gasteiger partial charge in [0.1, 0.15) is 5.69 Å². The first-order valence-electron chi connectivity index (χ1n) is 5.55. The summed E-state index contributed by atoms with van der Waals surface area (Å²) in [6.45, 7) is 1.07. The van der Waals surface area contributed by atoms with Gasteiger partial charge in [-0.1, -0.05) is 24.3 Å². The summed E-state index contributed by atoms with van der Waals surface area (Å²) in [5, 5.41) is 3.02. The lowest BCUT2D eigenvalue weighted by Crippen LogP contribution is -2.16. The van der Waals surface area contributed by atoms with E-state index in [1.54, 1.807) is 0 Å². The number of benzene rings is 1. The van der Waals surface area contributed by atoms with Gasteiger partial charge in [0.2, 0.25) is 0 Å². The third-order valence-electron chi connectivity index (χ3n) is 2.61. The maximum absolute atomic E-state index is 11.3. The Kier molecular flexibility index (Phi) is 3.59. The summed E-state index contributed by atoms with van der Waals surface area (Å²) in [4.78, 5) is 17.6. The molecular weight excluding hydrogens is 230 g/mol. The Bertz CT molecular complexity index is 576. The molecule has 0 saturated heterocycles. The molecule has 0 atom stereocenters. The smallest absolute Gasteiger partial charge is 0.276 e. The number of hydrogen-bond acceptors (Lipinski definition) is 5. The van der Waals surface area contributed by atoms with Gasteiger partial charge < -0.3 is 21.8 Å². The van der Waals surface area contributed by atoms with Crippen LogP contribution < -0.4 is 22.3 Å². The Balaban J connectivity index is 2.06. The van der Waals surface area contributed by atoms with E-state index in [4.69, 9.17) is 11.5 Å². The summed E-state index contributed by atoms with van der Waals surface area (Å²) in [6, 6.07) is 7.87. The summed E-state index contributed by atoms with van der Waals surface area (Å²) in [5.74, 6) is 0.390. The van der Waals surface area contributed by atoms with Crippen molar-refractivity contribution in [2.75, 3.05) is 11.1 Å². The normalized spacial score (nSPS) is 10.3. The average Bonchev–Trinajstić information content (AvgIpc) is 2.41. The molecule has 6 N–H and O–H groups in total. The number of rotatable bonds is 4. The molecule has 0 amide bonds. The molecule has 0 saturated carbocycles. The first-order valence-corrected chi connectivity index (χ1v) is 5.55. The van der Waals surface area contributed by atoms with Crippen molar-refractivity contribution in [1.82, 2.24) is 9.97 Å². The molecule has 1 aromatic heterocycles. The van der Waals surface area contributed by atoms with Crippen LogP contribution in [0, 0.1) is 0 Å². The topological polar surface area (TPSA) is 110 Å². The molecule has 6 nitrogen and oxygen atoms in total. The number of nitrogen functional groups attached to an aromatic ring is 1. The van der Waals surface area contributed by atoms with E-state index in [9.17, 15) is 4.79 Å². The molecule has 2 rings (SSSR count). The summed E-state index contributed by atoms with van der Waals surface area (Å²) in [5.41, 5.74) is 13.0. The second-order valence-electron chi connectivity index (χ2n) is 3.87. The highest BCUT2D eigenvalue weighted by Crippen LogP contribution is 2.10. The Morgan fingerprint density at radius 3 is 2.56 bits per heavy atom. The fraction of sp³-hybridized carbons (Fsp3) is 0.167. The molecule has 0 radical (unpaired) electrons. The van der Waals surface area contributed by atoms with Crippen LogP contribution in [0.5, 0.6) is 0 Å². The fourth-order valence-electron chi connectivity index (χ4n) is 1.53. The van der Waals surface area contributed by atoms with E-state index in [-0.39, 0.29) is 11.2 Å². The number of anilines is 2. The van der Waals surface area contributed by atoms with Crippen molar-refractivity contribution < 1.29 is 0 Å². The quantitative estimate of drug-likeness (QED) is 0.624. The maximum atomic E-state index is 11.3. The van der Waals surface area contributed by atoms with Crippen LogP contribution in [0.25, 0.3) is 0 Å². The van der Waals surface area contributed by atoms with Gasteiger partial charge in [-0.05, 0) is 11.1 Å². The standard InChI is InChI=1S/C12H15N5O/c13-5-8-1-3-9(4-2-8)6-15-11-10(14)12(18)17-7-16-11/h1-4,7H,5-6,13-14H2,(H2,15,16,17,18). The van der Waals surface area contributed by atoms with E-state index >= 15 is 0 Å². The van der Waals surface area contributed by atoms with Gasteiger partial charge >= 0.3 is 0 Å². The van der Waals surface area contributed by atoms with Gasteiger partial charge in [-0.3, -0.25) is 4.79 Å². The van der Waals surface area contributed by atoms with Gasteiger partial charge in [-0.25, -0.2) is 4.98 Å². The number of aromatic nitrogens is 2. The third kappa shape index (κ3) is 2.67. The van der Waals surface area contributed by atoms with Crippen LogP contribution in [0.3, 0.4) is 0 Å². The summed E-state index contributed by atoms with van der Waals surface area (Å²) >= 11 is 0. The lowest BCUT2D eigenvalue weighted by Gasteiger charge is -2.07. The van der Waals surface area contributed by atoms with Gasteiger partial charge in [-0.15, -0.1) is 0 Å². The van der Waals surface area contributed by atoms with Gasteiger partial charge in [0.05, 0.1) is 6.33 Å². The van der Waals surface area contributed by atoms with Crippen LogP contribution in [-0.4, -0.2) is 9.97 Å². The number of nitrogens with two attached hydrogens (primary N) is 2. The number of aromatic amines is 1. The zero-order chi connectivity index (χ0) is 13.0. The first-order chi connectivity index (χ1) is 8.70. The highest BCUT2D eigenvalue weighted by molar-refractivity contribution is 5.58. The molecule has 0 unspecified atom stereocenters. The molecule has 0 aliphatic heterocycles. The molecule has 94 valence electrons. The molecule has 0 spiro atoms. The minimum absolute atomic E-state index is 0.0936. The van der Waals surface area contributed by atoms with E-state index in [0.29, 0.717) is 18.9 Å². The summed E-state index contributed by atoms with van der Waals surface area (Å²) < 4.78 is 0. The summed E-state index contributed by atoms with van der Waals surface area (Å²) in [6.07, 6.45) is 1.32. The molecule has 0 bridgehead atoms. The van der Waals surface area contributed by atoms with Gasteiger partial charge in [0.25, 0.3) is 5.56 Å². The van der Waals surface area contributed by atoms with Crippen LogP contribution in [0.4, 0.5) is 11.5 Å². The van der Waals surface area contributed by atoms with E-state index in [0.717, 1.165) is 11.1 Å². The number of nitrogens with one attached hydrogen (secondary N) is 2. The van der Waals surface area contributed by atoms with E-state index in [1.165, 1.54) is 6.33 Å². The Hall–Kier alpha value is -2.34.